The normalized spacial score (nSPS) is 11.3. The highest BCUT2D eigenvalue weighted by molar-refractivity contribution is 5.77. The average molecular weight is 341 g/mol. The van der Waals surface area contributed by atoms with Gasteiger partial charge in [0.15, 0.2) is 0 Å². The number of carbonyl (C=O) groups excluding carboxylic acids is 1. The van der Waals surface area contributed by atoms with Crippen LogP contribution in [0, 0.1) is 16.7 Å². The van der Waals surface area contributed by atoms with Crippen LogP contribution in [0.4, 0.5) is 0 Å². The molecule has 0 radical (unpaired) electrons. The van der Waals surface area contributed by atoms with E-state index in [-0.39, 0.29) is 36.3 Å². The number of aromatic nitrogens is 3. The van der Waals surface area contributed by atoms with Crippen LogP contribution in [0.3, 0.4) is 0 Å². The Kier molecular flexibility index (Phi) is 5.86. The summed E-state index contributed by atoms with van der Waals surface area (Å²) in [5.74, 6) is -0.0907. The summed E-state index contributed by atoms with van der Waals surface area (Å²) < 4.78 is 1.22. The number of amides is 1. The highest BCUT2D eigenvalue weighted by Crippen LogP contribution is 2.16. The first-order valence-corrected chi connectivity index (χ1v) is 8.29. The molecule has 0 aliphatic rings. The number of rotatable bonds is 6. The minimum Gasteiger partial charge on any atom is -0.341 e. The summed E-state index contributed by atoms with van der Waals surface area (Å²) in [6, 6.07) is 9.06. The number of hydrogen-bond donors (Lipinski definition) is 0. The topological polar surface area (TPSA) is 91.9 Å². The number of fused-ring (bicyclic) bond motifs is 1. The molecule has 0 bridgehead atoms. The molecule has 132 valence electrons. The van der Waals surface area contributed by atoms with Crippen molar-refractivity contribution in [2.75, 3.05) is 13.1 Å². The van der Waals surface area contributed by atoms with E-state index >= 15 is 0 Å². The van der Waals surface area contributed by atoms with Crippen LogP contribution in [-0.4, -0.2) is 38.9 Å². The molecule has 1 amide bonds. The van der Waals surface area contributed by atoms with E-state index in [1.165, 1.54) is 4.68 Å². The van der Waals surface area contributed by atoms with Gasteiger partial charge in [0.1, 0.15) is 5.52 Å². The second-order valence-electron chi connectivity index (χ2n) is 7.17. The van der Waals surface area contributed by atoms with Gasteiger partial charge in [0.2, 0.25) is 5.91 Å². The Balaban J connectivity index is 2.10. The van der Waals surface area contributed by atoms with Crippen LogP contribution in [0.15, 0.2) is 29.1 Å². The fourth-order valence-electron chi connectivity index (χ4n) is 2.58. The number of carbonyl (C=O) groups is 1. The molecule has 0 N–H and O–H groups in total. The van der Waals surface area contributed by atoms with Gasteiger partial charge in [0.25, 0.3) is 5.56 Å². The first-order valence-electron chi connectivity index (χ1n) is 8.29. The van der Waals surface area contributed by atoms with E-state index < -0.39 is 0 Å². The lowest BCUT2D eigenvalue weighted by Crippen LogP contribution is -2.39. The predicted octanol–water partition coefficient (Wildman–Crippen LogP) is 1.97. The Bertz CT molecular complexity index is 845. The molecule has 25 heavy (non-hydrogen) atoms. The zero-order chi connectivity index (χ0) is 18.4. The van der Waals surface area contributed by atoms with Crippen molar-refractivity contribution in [3.8, 4) is 6.07 Å². The first kappa shape index (κ1) is 18.6. The SMILES string of the molecule is CC(C)(C)CN(CCC#N)C(=O)CCn1nnc2ccccc2c1=O. The van der Waals surface area contributed by atoms with Crippen molar-refractivity contribution < 1.29 is 4.79 Å². The largest absolute Gasteiger partial charge is 0.341 e. The highest BCUT2D eigenvalue weighted by Gasteiger charge is 2.21. The van der Waals surface area contributed by atoms with E-state index in [1.807, 2.05) is 20.8 Å². The maximum Gasteiger partial charge on any atom is 0.277 e. The van der Waals surface area contributed by atoms with Crippen molar-refractivity contribution in [2.45, 2.75) is 40.2 Å². The lowest BCUT2D eigenvalue weighted by atomic mass is 9.96. The van der Waals surface area contributed by atoms with Gasteiger partial charge >= 0.3 is 0 Å². The van der Waals surface area contributed by atoms with Gasteiger partial charge in [-0.25, -0.2) is 4.68 Å². The maximum absolute atomic E-state index is 12.5. The molecule has 0 fully saturated rings. The van der Waals surface area contributed by atoms with E-state index in [1.54, 1.807) is 29.2 Å². The van der Waals surface area contributed by atoms with Gasteiger partial charge < -0.3 is 4.90 Å². The van der Waals surface area contributed by atoms with E-state index in [2.05, 4.69) is 16.4 Å². The van der Waals surface area contributed by atoms with Crippen LogP contribution in [0.5, 0.6) is 0 Å². The summed E-state index contributed by atoms with van der Waals surface area (Å²) in [6.45, 7) is 7.25. The van der Waals surface area contributed by atoms with Crippen molar-refractivity contribution in [2.24, 2.45) is 5.41 Å². The number of benzene rings is 1. The fraction of sp³-hybridized carbons (Fsp3) is 0.500. The van der Waals surface area contributed by atoms with E-state index in [4.69, 9.17) is 5.26 Å². The second-order valence-corrected chi connectivity index (χ2v) is 7.17. The number of nitriles is 1. The lowest BCUT2D eigenvalue weighted by Gasteiger charge is -2.29. The molecule has 0 atom stereocenters. The monoisotopic (exact) mass is 341 g/mol. The van der Waals surface area contributed by atoms with Crippen molar-refractivity contribution in [3.63, 3.8) is 0 Å². The number of aryl methyl sites for hydroxylation is 1. The van der Waals surface area contributed by atoms with Gasteiger partial charge in [-0.2, -0.15) is 5.26 Å². The van der Waals surface area contributed by atoms with Crippen LogP contribution >= 0.6 is 0 Å². The standard InChI is InChI=1S/C18H23N5O2/c1-18(2,3)13-22(11-6-10-19)16(24)9-12-23-17(25)14-7-4-5-8-15(14)20-21-23/h4-5,7-8H,6,9,11-13H2,1-3H3. The van der Waals surface area contributed by atoms with Crippen LogP contribution < -0.4 is 5.56 Å². The number of hydrogen-bond acceptors (Lipinski definition) is 5. The summed E-state index contributed by atoms with van der Waals surface area (Å²) >= 11 is 0. The molecule has 0 saturated heterocycles. The molecule has 1 heterocycles. The molecule has 1 aromatic carbocycles. The lowest BCUT2D eigenvalue weighted by molar-refractivity contribution is -0.132. The Morgan fingerprint density at radius 1 is 1.32 bits per heavy atom. The van der Waals surface area contributed by atoms with Crippen molar-refractivity contribution in [1.29, 1.82) is 5.26 Å². The third-order valence-corrected chi connectivity index (χ3v) is 3.68. The van der Waals surface area contributed by atoms with Crippen LogP contribution in [-0.2, 0) is 11.3 Å². The van der Waals surface area contributed by atoms with Crippen LogP contribution in [0.2, 0.25) is 0 Å². The summed E-state index contributed by atoms with van der Waals surface area (Å²) in [7, 11) is 0. The van der Waals surface area contributed by atoms with Crippen LogP contribution in [0.1, 0.15) is 33.6 Å². The molecule has 7 nitrogen and oxygen atoms in total. The summed E-state index contributed by atoms with van der Waals surface area (Å²) in [6.07, 6.45) is 0.436. The van der Waals surface area contributed by atoms with E-state index in [9.17, 15) is 9.59 Å². The predicted molar refractivity (Wildman–Crippen MR) is 94.7 cm³/mol. The smallest absolute Gasteiger partial charge is 0.277 e. The third kappa shape index (κ3) is 5.11. The number of nitrogens with zero attached hydrogens (tertiary/aromatic N) is 5. The summed E-state index contributed by atoms with van der Waals surface area (Å²) in [5, 5.41) is 17.2. The van der Waals surface area contributed by atoms with Crippen molar-refractivity contribution in [3.05, 3.63) is 34.6 Å². The first-order chi connectivity index (χ1) is 11.8. The molecule has 1 aromatic heterocycles. The van der Waals surface area contributed by atoms with Crippen molar-refractivity contribution >= 4 is 16.8 Å². The highest BCUT2D eigenvalue weighted by atomic mass is 16.2. The maximum atomic E-state index is 12.5. The quantitative estimate of drug-likeness (QED) is 0.801. The molecule has 7 heteroatoms. The van der Waals surface area contributed by atoms with Gasteiger partial charge in [-0.15, -0.1) is 5.10 Å². The Hall–Kier alpha value is -2.75. The molecular weight excluding hydrogens is 318 g/mol. The van der Waals surface area contributed by atoms with Gasteiger partial charge in [0.05, 0.1) is 24.4 Å². The molecule has 0 aliphatic heterocycles. The molecule has 0 aliphatic carbocycles. The summed E-state index contributed by atoms with van der Waals surface area (Å²) in [5.41, 5.74) is 0.223. The zero-order valence-corrected chi connectivity index (χ0v) is 14.9. The van der Waals surface area contributed by atoms with E-state index in [0.29, 0.717) is 24.0 Å². The third-order valence-electron chi connectivity index (χ3n) is 3.68. The molecule has 0 saturated carbocycles. The minimum absolute atomic E-state index is 0.0648. The zero-order valence-electron chi connectivity index (χ0n) is 14.9. The van der Waals surface area contributed by atoms with E-state index in [0.717, 1.165) is 0 Å². The van der Waals surface area contributed by atoms with Gasteiger partial charge in [-0.1, -0.05) is 38.1 Å². The average Bonchev–Trinajstić information content (AvgIpc) is 2.57. The van der Waals surface area contributed by atoms with Crippen molar-refractivity contribution in [1.82, 2.24) is 19.9 Å². The minimum atomic E-state index is -0.252. The second kappa shape index (κ2) is 7.88. The van der Waals surface area contributed by atoms with Crippen LogP contribution in [0.25, 0.3) is 10.9 Å². The Morgan fingerprint density at radius 3 is 2.72 bits per heavy atom. The molecule has 0 spiro atoms. The Morgan fingerprint density at radius 2 is 2.04 bits per heavy atom. The fourth-order valence-corrected chi connectivity index (χ4v) is 2.58. The Labute approximate surface area is 146 Å². The molecule has 2 rings (SSSR count). The van der Waals surface area contributed by atoms with Gasteiger partial charge in [-0.05, 0) is 17.5 Å². The van der Waals surface area contributed by atoms with Gasteiger partial charge in [0, 0.05) is 19.5 Å². The van der Waals surface area contributed by atoms with Gasteiger partial charge in [-0.3, -0.25) is 9.59 Å². The summed E-state index contributed by atoms with van der Waals surface area (Å²) in [4.78, 5) is 26.6. The molecule has 2 aromatic rings. The molecule has 0 unspecified atom stereocenters. The molecular formula is C18H23N5O2.